The Morgan fingerprint density at radius 1 is 1.06 bits per heavy atom. The van der Waals surface area contributed by atoms with Crippen LogP contribution in [-0.2, 0) is 11.2 Å². The van der Waals surface area contributed by atoms with E-state index >= 15 is 0 Å². The van der Waals surface area contributed by atoms with Gasteiger partial charge in [0.05, 0.1) is 6.04 Å². The molecular formula is C16H21NO. The molecule has 0 aromatic heterocycles. The van der Waals surface area contributed by atoms with Crippen LogP contribution >= 0.6 is 0 Å². The van der Waals surface area contributed by atoms with Crippen molar-refractivity contribution in [2.24, 2.45) is 5.92 Å². The first-order chi connectivity index (χ1) is 8.84. The molecule has 3 rings (SSSR count). The second-order valence-electron chi connectivity index (χ2n) is 5.63. The standard InChI is InChI=1S/C16H21NO/c18-16(13-7-1-2-8-13)17-15-11-5-9-12-6-3-4-10-14(12)15/h3-4,6,10,13,15H,1-2,5,7-9,11H2,(H,17,18)/t15-/m0/s1. The third-order valence-electron chi connectivity index (χ3n) is 4.41. The summed E-state index contributed by atoms with van der Waals surface area (Å²) in [5.74, 6) is 0.563. The second-order valence-corrected chi connectivity index (χ2v) is 5.63. The summed E-state index contributed by atoms with van der Waals surface area (Å²) in [6.07, 6.45) is 8.05. The molecule has 2 heteroatoms. The zero-order valence-corrected chi connectivity index (χ0v) is 10.8. The zero-order chi connectivity index (χ0) is 12.4. The van der Waals surface area contributed by atoms with Crippen molar-refractivity contribution in [3.05, 3.63) is 35.4 Å². The van der Waals surface area contributed by atoms with E-state index in [4.69, 9.17) is 0 Å². The average molecular weight is 243 g/mol. The molecular weight excluding hydrogens is 222 g/mol. The molecule has 0 bridgehead atoms. The Kier molecular flexibility index (Phi) is 3.35. The number of rotatable bonds is 2. The second kappa shape index (κ2) is 5.13. The Hall–Kier alpha value is -1.31. The van der Waals surface area contributed by atoms with Gasteiger partial charge in [-0.25, -0.2) is 0 Å². The van der Waals surface area contributed by atoms with Gasteiger partial charge in [-0.05, 0) is 43.2 Å². The Labute approximate surface area is 109 Å². The molecule has 0 aliphatic heterocycles. The van der Waals surface area contributed by atoms with Crippen LogP contribution in [0.2, 0.25) is 0 Å². The Balaban J connectivity index is 1.72. The molecule has 2 aliphatic rings. The molecule has 1 aromatic carbocycles. The molecule has 2 aliphatic carbocycles. The number of benzene rings is 1. The number of nitrogens with one attached hydrogen (secondary N) is 1. The highest BCUT2D eigenvalue weighted by atomic mass is 16.1. The minimum absolute atomic E-state index is 0.253. The van der Waals surface area contributed by atoms with E-state index < -0.39 is 0 Å². The van der Waals surface area contributed by atoms with Crippen LogP contribution in [0.3, 0.4) is 0 Å². The van der Waals surface area contributed by atoms with E-state index in [1.807, 2.05) is 0 Å². The maximum absolute atomic E-state index is 12.2. The molecule has 0 saturated heterocycles. The molecule has 2 nitrogen and oxygen atoms in total. The smallest absolute Gasteiger partial charge is 0.223 e. The summed E-state index contributed by atoms with van der Waals surface area (Å²) in [6.45, 7) is 0. The number of fused-ring (bicyclic) bond motifs is 1. The van der Waals surface area contributed by atoms with Crippen molar-refractivity contribution in [3.63, 3.8) is 0 Å². The van der Waals surface area contributed by atoms with Gasteiger partial charge in [0.1, 0.15) is 0 Å². The van der Waals surface area contributed by atoms with Crippen LogP contribution in [0, 0.1) is 5.92 Å². The van der Waals surface area contributed by atoms with Gasteiger partial charge < -0.3 is 5.32 Å². The maximum atomic E-state index is 12.2. The SMILES string of the molecule is O=C(N[C@H]1CCCc2ccccc21)C1CCCC1. The lowest BCUT2D eigenvalue weighted by atomic mass is 9.87. The lowest BCUT2D eigenvalue weighted by Crippen LogP contribution is -2.34. The highest BCUT2D eigenvalue weighted by molar-refractivity contribution is 5.79. The first-order valence-corrected chi connectivity index (χ1v) is 7.23. The molecule has 18 heavy (non-hydrogen) atoms. The van der Waals surface area contributed by atoms with Gasteiger partial charge in [-0.3, -0.25) is 4.79 Å². The van der Waals surface area contributed by atoms with Crippen LogP contribution in [0.25, 0.3) is 0 Å². The molecule has 0 spiro atoms. The normalized spacial score (nSPS) is 23.7. The molecule has 1 amide bonds. The predicted molar refractivity (Wildman–Crippen MR) is 72.2 cm³/mol. The fourth-order valence-corrected chi connectivity index (χ4v) is 3.38. The minimum Gasteiger partial charge on any atom is -0.349 e. The summed E-state index contributed by atoms with van der Waals surface area (Å²) in [7, 11) is 0. The number of aryl methyl sites for hydroxylation is 1. The number of carbonyl (C=O) groups excluding carboxylic acids is 1. The third-order valence-corrected chi connectivity index (χ3v) is 4.41. The molecule has 1 N–H and O–H groups in total. The van der Waals surface area contributed by atoms with Crippen LogP contribution in [0.5, 0.6) is 0 Å². The summed E-state index contributed by atoms with van der Waals surface area (Å²) >= 11 is 0. The van der Waals surface area contributed by atoms with E-state index in [1.165, 1.54) is 30.4 Å². The van der Waals surface area contributed by atoms with Gasteiger partial charge in [-0.1, -0.05) is 37.1 Å². The summed E-state index contributed by atoms with van der Waals surface area (Å²) in [6, 6.07) is 8.80. The molecule has 1 fully saturated rings. The maximum Gasteiger partial charge on any atom is 0.223 e. The zero-order valence-electron chi connectivity index (χ0n) is 10.8. The van der Waals surface area contributed by atoms with Crippen molar-refractivity contribution in [3.8, 4) is 0 Å². The largest absolute Gasteiger partial charge is 0.349 e. The monoisotopic (exact) mass is 243 g/mol. The van der Waals surface area contributed by atoms with Gasteiger partial charge in [0.2, 0.25) is 5.91 Å². The van der Waals surface area contributed by atoms with Crippen LogP contribution < -0.4 is 5.32 Å². The van der Waals surface area contributed by atoms with Crippen LogP contribution in [0.1, 0.15) is 55.7 Å². The number of hydrogen-bond donors (Lipinski definition) is 1. The molecule has 1 aromatic rings. The molecule has 0 heterocycles. The summed E-state index contributed by atoms with van der Waals surface area (Å²) in [4.78, 5) is 12.2. The highest BCUT2D eigenvalue weighted by Crippen LogP contribution is 2.31. The van der Waals surface area contributed by atoms with Gasteiger partial charge >= 0.3 is 0 Å². The van der Waals surface area contributed by atoms with Crippen LogP contribution in [0.15, 0.2) is 24.3 Å². The Morgan fingerprint density at radius 3 is 2.67 bits per heavy atom. The minimum atomic E-state index is 0.253. The fraction of sp³-hybridized carbons (Fsp3) is 0.562. The Morgan fingerprint density at radius 2 is 1.83 bits per heavy atom. The van der Waals surface area contributed by atoms with Crippen LogP contribution in [-0.4, -0.2) is 5.91 Å². The van der Waals surface area contributed by atoms with E-state index in [0.29, 0.717) is 0 Å². The lowest BCUT2D eigenvalue weighted by Gasteiger charge is -2.27. The number of hydrogen-bond acceptors (Lipinski definition) is 1. The molecule has 96 valence electrons. The predicted octanol–water partition coefficient (Wildman–Crippen LogP) is 3.37. The van der Waals surface area contributed by atoms with E-state index in [-0.39, 0.29) is 17.9 Å². The van der Waals surface area contributed by atoms with Crippen molar-refractivity contribution >= 4 is 5.91 Å². The number of carbonyl (C=O) groups is 1. The van der Waals surface area contributed by atoms with Gasteiger partial charge in [-0.2, -0.15) is 0 Å². The molecule has 1 atom stereocenters. The quantitative estimate of drug-likeness (QED) is 0.847. The van der Waals surface area contributed by atoms with Gasteiger partial charge in [-0.15, -0.1) is 0 Å². The molecule has 0 unspecified atom stereocenters. The Bertz CT molecular complexity index is 434. The topological polar surface area (TPSA) is 29.1 Å². The highest BCUT2D eigenvalue weighted by Gasteiger charge is 2.27. The summed E-state index contributed by atoms with van der Waals surface area (Å²) in [5.41, 5.74) is 2.76. The van der Waals surface area contributed by atoms with Crippen molar-refractivity contribution in [2.75, 3.05) is 0 Å². The van der Waals surface area contributed by atoms with E-state index in [9.17, 15) is 4.79 Å². The average Bonchev–Trinajstić information content (AvgIpc) is 2.93. The van der Waals surface area contributed by atoms with Crippen molar-refractivity contribution < 1.29 is 4.79 Å². The van der Waals surface area contributed by atoms with Crippen molar-refractivity contribution in [1.82, 2.24) is 5.32 Å². The first-order valence-electron chi connectivity index (χ1n) is 7.23. The molecule has 0 radical (unpaired) electrons. The summed E-state index contributed by atoms with van der Waals surface area (Å²) < 4.78 is 0. The van der Waals surface area contributed by atoms with Crippen LogP contribution in [0.4, 0.5) is 0 Å². The van der Waals surface area contributed by atoms with Crippen molar-refractivity contribution in [2.45, 2.75) is 51.0 Å². The first kappa shape index (κ1) is 11.8. The van der Waals surface area contributed by atoms with E-state index in [1.54, 1.807) is 0 Å². The fourth-order valence-electron chi connectivity index (χ4n) is 3.38. The van der Waals surface area contributed by atoms with Gasteiger partial charge in [0, 0.05) is 5.92 Å². The molecule has 1 saturated carbocycles. The number of amides is 1. The van der Waals surface area contributed by atoms with E-state index in [0.717, 1.165) is 25.7 Å². The van der Waals surface area contributed by atoms with E-state index in [2.05, 4.69) is 29.6 Å². The van der Waals surface area contributed by atoms with Gasteiger partial charge in [0.15, 0.2) is 0 Å². The van der Waals surface area contributed by atoms with Gasteiger partial charge in [0.25, 0.3) is 0 Å². The lowest BCUT2D eigenvalue weighted by molar-refractivity contribution is -0.125. The van der Waals surface area contributed by atoms with Crippen molar-refractivity contribution in [1.29, 1.82) is 0 Å². The third kappa shape index (κ3) is 2.29. The summed E-state index contributed by atoms with van der Waals surface area (Å²) in [5, 5.41) is 3.28.